The molecule has 3 aromatic rings. The van der Waals surface area contributed by atoms with E-state index in [1.807, 2.05) is 30.5 Å². The molecule has 1 aromatic heterocycles. The molecule has 0 radical (unpaired) electrons. The van der Waals surface area contributed by atoms with Gasteiger partial charge in [0, 0.05) is 29.5 Å². The average Bonchev–Trinajstić information content (AvgIpc) is 2.98. The zero-order chi connectivity index (χ0) is 17.9. The molecule has 2 heterocycles. The maximum atomic E-state index is 6.04. The zero-order valence-corrected chi connectivity index (χ0v) is 15.4. The first kappa shape index (κ1) is 16.9. The summed E-state index contributed by atoms with van der Waals surface area (Å²) < 4.78 is 0. The molecule has 0 saturated heterocycles. The first-order valence-electron chi connectivity index (χ1n) is 8.89. The lowest BCUT2D eigenvalue weighted by Crippen LogP contribution is -2.26. The number of nitrogens with zero attached hydrogens (tertiary/aromatic N) is 3. The van der Waals surface area contributed by atoms with Gasteiger partial charge in [0.25, 0.3) is 0 Å². The van der Waals surface area contributed by atoms with E-state index in [1.54, 1.807) is 0 Å². The fourth-order valence-electron chi connectivity index (χ4n) is 3.46. The van der Waals surface area contributed by atoms with Gasteiger partial charge in [-0.15, -0.1) is 0 Å². The summed E-state index contributed by atoms with van der Waals surface area (Å²) in [6.45, 7) is 3.01. The Labute approximate surface area is 158 Å². The van der Waals surface area contributed by atoms with Gasteiger partial charge in [-0.2, -0.15) is 4.98 Å². The molecule has 5 heteroatoms. The molecule has 4 nitrogen and oxygen atoms in total. The van der Waals surface area contributed by atoms with E-state index in [1.165, 1.54) is 16.8 Å². The molecule has 0 fully saturated rings. The van der Waals surface area contributed by atoms with Gasteiger partial charge in [0.15, 0.2) is 0 Å². The molecule has 0 amide bonds. The van der Waals surface area contributed by atoms with Gasteiger partial charge in [-0.1, -0.05) is 41.9 Å². The maximum Gasteiger partial charge on any atom is 0.232 e. The third-order valence-corrected chi connectivity index (χ3v) is 4.91. The number of rotatable bonds is 5. The molecule has 1 N–H and O–H groups in total. The fraction of sp³-hybridized carbons (Fsp3) is 0.238. The molecule has 132 valence electrons. The number of aromatic nitrogens is 2. The van der Waals surface area contributed by atoms with Crippen molar-refractivity contribution in [1.29, 1.82) is 0 Å². The lowest BCUT2D eigenvalue weighted by atomic mass is 10.1. The summed E-state index contributed by atoms with van der Waals surface area (Å²) in [5.41, 5.74) is 3.76. The Morgan fingerprint density at radius 3 is 2.92 bits per heavy atom. The number of nitrogens with one attached hydrogen (secondary N) is 1. The summed E-state index contributed by atoms with van der Waals surface area (Å²) in [5, 5.41) is 4.17. The maximum absolute atomic E-state index is 6.04. The molecule has 0 bridgehead atoms. The van der Waals surface area contributed by atoms with E-state index in [2.05, 4.69) is 52.5 Å². The minimum atomic E-state index is 0.356. The summed E-state index contributed by atoms with van der Waals surface area (Å²) in [7, 11) is 0. The Morgan fingerprint density at radius 2 is 2.04 bits per heavy atom. The minimum Gasteiger partial charge on any atom is -0.370 e. The van der Waals surface area contributed by atoms with E-state index in [0.717, 1.165) is 36.2 Å². The first-order valence-corrected chi connectivity index (χ1v) is 9.27. The molecular formula is C21H21ClN4. The van der Waals surface area contributed by atoms with Crippen LogP contribution < -0.4 is 10.2 Å². The highest BCUT2D eigenvalue weighted by atomic mass is 35.5. The van der Waals surface area contributed by atoms with E-state index in [0.29, 0.717) is 6.04 Å². The van der Waals surface area contributed by atoms with Gasteiger partial charge in [-0.25, -0.2) is 4.98 Å². The van der Waals surface area contributed by atoms with Gasteiger partial charge >= 0.3 is 0 Å². The molecule has 4 rings (SSSR count). The van der Waals surface area contributed by atoms with Gasteiger partial charge in [0.2, 0.25) is 5.95 Å². The second kappa shape index (κ2) is 7.34. The van der Waals surface area contributed by atoms with Crippen LogP contribution in [0.25, 0.3) is 0 Å². The Hall–Kier alpha value is -2.59. The lowest BCUT2D eigenvalue weighted by molar-refractivity contribution is 0.740. The van der Waals surface area contributed by atoms with Gasteiger partial charge in [-0.3, -0.25) is 0 Å². The Bertz CT molecular complexity index is 912. The number of hydrogen-bond acceptors (Lipinski definition) is 4. The molecule has 1 atom stereocenters. The third-order valence-electron chi connectivity index (χ3n) is 4.67. The molecule has 2 aromatic carbocycles. The summed E-state index contributed by atoms with van der Waals surface area (Å²) in [5.74, 6) is 1.59. The predicted octanol–water partition coefficient (Wildman–Crippen LogP) is 4.87. The number of benzene rings is 2. The van der Waals surface area contributed by atoms with Crippen molar-refractivity contribution in [3.63, 3.8) is 0 Å². The van der Waals surface area contributed by atoms with Gasteiger partial charge in [0.1, 0.15) is 5.82 Å². The molecule has 0 aliphatic carbocycles. The highest BCUT2D eigenvalue weighted by Crippen LogP contribution is 2.36. The normalized spacial score (nSPS) is 15.8. The highest BCUT2D eigenvalue weighted by molar-refractivity contribution is 6.30. The van der Waals surface area contributed by atoms with Gasteiger partial charge in [0.05, 0.1) is 0 Å². The number of anilines is 3. The monoisotopic (exact) mass is 364 g/mol. The quantitative estimate of drug-likeness (QED) is 0.701. The van der Waals surface area contributed by atoms with Crippen molar-refractivity contribution in [3.05, 3.63) is 76.9 Å². The molecule has 0 saturated carbocycles. The van der Waals surface area contributed by atoms with Crippen LogP contribution in [0.4, 0.5) is 17.5 Å². The molecule has 26 heavy (non-hydrogen) atoms. The predicted molar refractivity (Wildman–Crippen MR) is 107 cm³/mol. The van der Waals surface area contributed by atoms with Crippen molar-refractivity contribution in [2.45, 2.75) is 25.8 Å². The Morgan fingerprint density at radius 1 is 1.15 bits per heavy atom. The molecule has 1 unspecified atom stereocenters. The van der Waals surface area contributed by atoms with Crippen molar-refractivity contribution < 1.29 is 0 Å². The second-order valence-corrected chi connectivity index (χ2v) is 7.04. The molecular weight excluding hydrogens is 344 g/mol. The van der Waals surface area contributed by atoms with Crippen LogP contribution in [0, 0.1) is 0 Å². The van der Waals surface area contributed by atoms with E-state index in [4.69, 9.17) is 16.6 Å². The minimum absolute atomic E-state index is 0.356. The Balaban J connectivity index is 1.47. The number of halogens is 1. The highest BCUT2D eigenvalue weighted by Gasteiger charge is 2.28. The van der Waals surface area contributed by atoms with Crippen LogP contribution >= 0.6 is 11.6 Å². The second-order valence-electron chi connectivity index (χ2n) is 6.60. The SMILES string of the molecule is CC1Cc2ccccc2N1c1nccc(NCCc2cccc(Cl)c2)n1. The summed E-state index contributed by atoms with van der Waals surface area (Å²) in [6.07, 6.45) is 3.73. The lowest BCUT2D eigenvalue weighted by Gasteiger charge is -2.23. The van der Waals surface area contributed by atoms with Crippen molar-refractivity contribution in [2.24, 2.45) is 0 Å². The van der Waals surface area contributed by atoms with Crippen molar-refractivity contribution in [2.75, 3.05) is 16.8 Å². The van der Waals surface area contributed by atoms with Gasteiger partial charge < -0.3 is 10.2 Å². The van der Waals surface area contributed by atoms with Crippen molar-refractivity contribution in [3.8, 4) is 0 Å². The van der Waals surface area contributed by atoms with Crippen LogP contribution in [0.3, 0.4) is 0 Å². The zero-order valence-electron chi connectivity index (χ0n) is 14.7. The van der Waals surface area contributed by atoms with E-state index < -0.39 is 0 Å². The van der Waals surface area contributed by atoms with Crippen LogP contribution in [0.15, 0.2) is 60.8 Å². The van der Waals surface area contributed by atoms with Crippen LogP contribution in [0.1, 0.15) is 18.1 Å². The summed E-state index contributed by atoms with van der Waals surface area (Å²) >= 11 is 6.04. The van der Waals surface area contributed by atoms with Crippen LogP contribution in [-0.4, -0.2) is 22.6 Å². The van der Waals surface area contributed by atoms with E-state index >= 15 is 0 Å². The fourth-order valence-corrected chi connectivity index (χ4v) is 3.67. The number of para-hydroxylation sites is 1. The number of hydrogen-bond donors (Lipinski definition) is 1. The summed E-state index contributed by atoms with van der Waals surface area (Å²) in [6, 6.07) is 18.7. The molecule has 1 aliphatic heterocycles. The van der Waals surface area contributed by atoms with Crippen molar-refractivity contribution >= 4 is 29.1 Å². The van der Waals surface area contributed by atoms with Crippen LogP contribution in [0.5, 0.6) is 0 Å². The smallest absolute Gasteiger partial charge is 0.232 e. The van der Waals surface area contributed by atoms with E-state index in [9.17, 15) is 0 Å². The topological polar surface area (TPSA) is 41.1 Å². The molecule has 0 spiro atoms. The Kier molecular flexibility index (Phi) is 4.76. The first-order chi connectivity index (χ1) is 12.7. The largest absolute Gasteiger partial charge is 0.370 e. The average molecular weight is 365 g/mol. The van der Waals surface area contributed by atoms with E-state index in [-0.39, 0.29) is 0 Å². The number of fused-ring (bicyclic) bond motifs is 1. The van der Waals surface area contributed by atoms with Crippen LogP contribution in [0.2, 0.25) is 5.02 Å². The van der Waals surface area contributed by atoms with Crippen molar-refractivity contribution in [1.82, 2.24) is 9.97 Å². The molecule has 1 aliphatic rings. The third kappa shape index (κ3) is 3.51. The van der Waals surface area contributed by atoms with Crippen LogP contribution in [-0.2, 0) is 12.8 Å². The summed E-state index contributed by atoms with van der Waals surface area (Å²) in [4.78, 5) is 11.5. The standard InChI is InChI=1S/C21H21ClN4/c1-15-13-17-6-2-3-8-19(17)26(15)21-24-12-10-20(25-21)23-11-9-16-5-4-7-18(22)14-16/h2-8,10,12,14-15H,9,11,13H2,1H3,(H,23,24,25). The van der Waals surface area contributed by atoms with Gasteiger partial charge in [-0.05, 0) is 55.2 Å².